The highest BCUT2D eigenvalue weighted by atomic mass is 35.5. The molecule has 11 heavy (non-hydrogen) atoms. The minimum absolute atomic E-state index is 0. The first-order valence-corrected chi connectivity index (χ1v) is 3.67. The van der Waals surface area contributed by atoms with Crippen LogP contribution in [0.5, 0.6) is 0 Å². The summed E-state index contributed by atoms with van der Waals surface area (Å²) in [6.45, 7) is 3.40. The number of esters is 1. The highest BCUT2D eigenvalue weighted by Gasteiger charge is 2.14. The zero-order chi connectivity index (χ0) is 7.40. The van der Waals surface area contributed by atoms with Crippen LogP contribution in [0.25, 0.3) is 0 Å². The van der Waals surface area contributed by atoms with Gasteiger partial charge in [0.1, 0.15) is 6.10 Å². The third kappa shape index (κ3) is 4.22. The number of nitrogens with one attached hydrogen (secondary N) is 1. The van der Waals surface area contributed by atoms with Crippen LogP contribution in [-0.4, -0.2) is 25.2 Å². The second-order valence-electron chi connectivity index (χ2n) is 2.56. The highest BCUT2D eigenvalue weighted by molar-refractivity contribution is 5.85. The van der Waals surface area contributed by atoms with Gasteiger partial charge in [0.2, 0.25) is 0 Å². The number of ether oxygens (including phenoxy) is 1. The fraction of sp³-hybridized carbons (Fsp3) is 0.857. The van der Waals surface area contributed by atoms with E-state index in [0.717, 1.165) is 25.9 Å². The number of rotatable bonds is 1. The zero-order valence-electron chi connectivity index (χ0n) is 6.63. The SMILES string of the molecule is CC(=O)OC1CCNCC1.Cl. The molecular formula is C7H14ClNO2. The van der Waals surface area contributed by atoms with Crippen LogP contribution in [0.1, 0.15) is 19.8 Å². The third-order valence-electron chi connectivity index (χ3n) is 1.62. The van der Waals surface area contributed by atoms with Gasteiger partial charge in [-0.15, -0.1) is 12.4 Å². The molecule has 1 aliphatic heterocycles. The van der Waals surface area contributed by atoms with E-state index in [1.54, 1.807) is 0 Å². The largest absolute Gasteiger partial charge is 0.462 e. The lowest BCUT2D eigenvalue weighted by Gasteiger charge is -2.21. The van der Waals surface area contributed by atoms with E-state index in [1.165, 1.54) is 6.92 Å². The minimum atomic E-state index is -0.160. The molecule has 0 saturated carbocycles. The number of carbonyl (C=O) groups excluding carboxylic acids is 1. The highest BCUT2D eigenvalue weighted by Crippen LogP contribution is 2.06. The van der Waals surface area contributed by atoms with Gasteiger partial charge in [0, 0.05) is 6.92 Å². The van der Waals surface area contributed by atoms with Gasteiger partial charge < -0.3 is 10.1 Å². The van der Waals surface area contributed by atoms with Crippen molar-refractivity contribution in [1.82, 2.24) is 5.32 Å². The average Bonchev–Trinajstić information content (AvgIpc) is 1.88. The molecule has 0 aliphatic carbocycles. The summed E-state index contributed by atoms with van der Waals surface area (Å²) in [5.74, 6) is -0.160. The second-order valence-corrected chi connectivity index (χ2v) is 2.56. The van der Waals surface area contributed by atoms with Crippen molar-refractivity contribution in [2.75, 3.05) is 13.1 Å². The van der Waals surface area contributed by atoms with Crippen molar-refractivity contribution in [3.63, 3.8) is 0 Å². The van der Waals surface area contributed by atoms with E-state index in [4.69, 9.17) is 4.74 Å². The number of carbonyl (C=O) groups is 1. The minimum Gasteiger partial charge on any atom is -0.462 e. The van der Waals surface area contributed by atoms with E-state index < -0.39 is 0 Å². The summed E-state index contributed by atoms with van der Waals surface area (Å²) in [5, 5.41) is 3.20. The van der Waals surface area contributed by atoms with Gasteiger partial charge in [0.05, 0.1) is 0 Å². The third-order valence-corrected chi connectivity index (χ3v) is 1.62. The fourth-order valence-corrected chi connectivity index (χ4v) is 1.15. The Labute approximate surface area is 72.9 Å². The molecule has 3 nitrogen and oxygen atoms in total. The molecule has 0 aromatic rings. The van der Waals surface area contributed by atoms with Gasteiger partial charge in [-0.25, -0.2) is 0 Å². The van der Waals surface area contributed by atoms with Crippen LogP contribution >= 0.6 is 12.4 Å². The summed E-state index contributed by atoms with van der Waals surface area (Å²) >= 11 is 0. The van der Waals surface area contributed by atoms with E-state index in [-0.39, 0.29) is 24.5 Å². The first-order valence-electron chi connectivity index (χ1n) is 3.67. The first-order chi connectivity index (χ1) is 4.79. The van der Waals surface area contributed by atoms with Gasteiger partial charge >= 0.3 is 5.97 Å². The molecule has 1 heterocycles. The van der Waals surface area contributed by atoms with Gasteiger partial charge in [-0.05, 0) is 25.9 Å². The van der Waals surface area contributed by atoms with E-state index in [1.807, 2.05) is 0 Å². The average molecular weight is 180 g/mol. The van der Waals surface area contributed by atoms with Crippen LogP contribution < -0.4 is 5.32 Å². The summed E-state index contributed by atoms with van der Waals surface area (Å²) in [7, 11) is 0. The molecule has 0 spiro atoms. The number of halogens is 1. The summed E-state index contributed by atoms with van der Waals surface area (Å²) in [4.78, 5) is 10.5. The Morgan fingerprint density at radius 1 is 1.45 bits per heavy atom. The molecule has 66 valence electrons. The maximum Gasteiger partial charge on any atom is 0.302 e. The monoisotopic (exact) mass is 179 g/mol. The molecule has 0 amide bonds. The smallest absolute Gasteiger partial charge is 0.302 e. The normalized spacial score (nSPS) is 18.6. The summed E-state index contributed by atoms with van der Waals surface area (Å²) in [6, 6.07) is 0. The number of piperidine rings is 1. The lowest BCUT2D eigenvalue weighted by Crippen LogP contribution is -2.33. The predicted octanol–water partition coefficient (Wildman–Crippen LogP) is 0.723. The maximum absolute atomic E-state index is 10.5. The van der Waals surface area contributed by atoms with Crippen LogP contribution in [0.2, 0.25) is 0 Å². The zero-order valence-corrected chi connectivity index (χ0v) is 7.45. The van der Waals surface area contributed by atoms with Crippen molar-refractivity contribution in [2.45, 2.75) is 25.9 Å². The van der Waals surface area contributed by atoms with E-state index in [2.05, 4.69) is 5.32 Å². The van der Waals surface area contributed by atoms with E-state index >= 15 is 0 Å². The van der Waals surface area contributed by atoms with E-state index in [9.17, 15) is 4.79 Å². The summed E-state index contributed by atoms with van der Waals surface area (Å²) in [6.07, 6.45) is 2.08. The molecule has 0 radical (unpaired) electrons. The van der Waals surface area contributed by atoms with Crippen LogP contribution in [0.3, 0.4) is 0 Å². The van der Waals surface area contributed by atoms with Crippen molar-refractivity contribution >= 4 is 18.4 Å². The Morgan fingerprint density at radius 3 is 2.45 bits per heavy atom. The Bertz CT molecular complexity index is 124. The van der Waals surface area contributed by atoms with Crippen molar-refractivity contribution in [3.8, 4) is 0 Å². The molecule has 1 fully saturated rings. The van der Waals surface area contributed by atoms with Crippen LogP contribution in [-0.2, 0) is 9.53 Å². The molecular weight excluding hydrogens is 166 g/mol. The van der Waals surface area contributed by atoms with Gasteiger partial charge in [0.15, 0.2) is 0 Å². The van der Waals surface area contributed by atoms with Gasteiger partial charge in [-0.2, -0.15) is 0 Å². The molecule has 1 aliphatic rings. The summed E-state index contributed by atoms with van der Waals surface area (Å²) in [5.41, 5.74) is 0. The van der Waals surface area contributed by atoms with Crippen LogP contribution in [0, 0.1) is 0 Å². The molecule has 0 bridgehead atoms. The molecule has 1 N–H and O–H groups in total. The lowest BCUT2D eigenvalue weighted by atomic mass is 10.1. The van der Waals surface area contributed by atoms with Crippen molar-refractivity contribution < 1.29 is 9.53 Å². The Morgan fingerprint density at radius 2 is 2.00 bits per heavy atom. The van der Waals surface area contributed by atoms with Gasteiger partial charge in [-0.3, -0.25) is 4.79 Å². The van der Waals surface area contributed by atoms with Crippen molar-refractivity contribution in [2.24, 2.45) is 0 Å². The van der Waals surface area contributed by atoms with Crippen molar-refractivity contribution in [3.05, 3.63) is 0 Å². The Hall–Kier alpha value is -0.280. The molecule has 0 unspecified atom stereocenters. The fourth-order valence-electron chi connectivity index (χ4n) is 1.15. The molecule has 0 atom stereocenters. The Kier molecular flexibility index (Phi) is 5.24. The molecule has 1 rings (SSSR count). The Balaban J connectivity index is 0.000001000. The summed E-state index contributed by atoms with van der Waals surface area (Å²) < 4.78 is 5.01. The molecule has 0 aromatic carbocycles. The molecule has 4 heteroatoms. The maximum atomic E-state index is 10.5. The van der Waals surface area contributed by atoms with E-state index in [0.29, 0.717) is 0 Å². The first kappa shape index (κ1) is 10.7. The topological polar surface area (TPSA) is 38.3 Å². The second kappa shape index (κ2) is 5.38. The quantitative estimate of drug-likeness (QED) is 0.603. The van der Waals surface area contributed by atoms with Crippen molar-refractivity contribution in [1.29, 1.82) is 0 Å². The lowest BCUT2D eigenvalue weighted by molar-refractivity contribution is -0.147. The number of hydrogen-bond acceptors (Lipinski definition) is 3. The van der Waals surface area contributed by atoms with Crippen LogP contribution in [0.4, 0.5) is 0 Å². The molecule has 1 saturated heterocycles. The number of hydrogen-bond donors (Lipinski definition) is 1. The van der Waals surface area contributed by atoms with Gasteiger partial charge in [-0.1, -0.05) is 0 Å². The standard InChI is InChI=1S/C7H13NO2.ClH/c1-6(9)10-7-2-4-8-5-3-7;/h7-8H,2-5H2,1H3;1H. The molecule has 0 aromatic heterocycles. The van der Waals surface area contributed by atoms with Crippen LogP contribution in [0.15, 0.2) is 0 Å². The van der Waals surface area contributed by atoms with Gasteiger partial charge in [0.25, 0.3) is 0 Å². The predicted molar refractivity (Wildman–Crippen MR) is 44.9 cm³/mol.